The zero-order chi connectivity index (χ0) is 8.69. The molecule has 0 saturated carbocycles. The van der Waals surface area contributed by atoms with Crippen LogP contribution in [0.15, 0.2) is 12.3 Å². The number of amides is 1. The lowest BCUT2D eigenvalue weighted by atomic mass is 10.2. The summed E-state index contributed by atoms with van der Waals surface area (Å²) in [7, 11) is 1.77. The molecule has 0 N–H and O–H groups in total. The van der Waals surface area contributed by atoms with Gasteiger partial charge in [0.15, 0.2) is 0 Å². The van der Waals surface area contributed by atoms with E-state index in [-0.39, 0.29) is 5.91 Å². The second kappa shape index (κ2) is 5.96. The van der Waals surface area contributed by atoms with Gasteiger partial charge in [-0.1, -0.05) is 25.8 Å². The van der Waals surface area contributed by atoms with Gasteiger partial charge in [0.05, 0.1) is 0 Å². The lowest BCUT2D eigenvalue weighted by Gasteiger charge is -2.06. The van der Waals surface area contributed by atoms with E-state index in [9.17, 15) is 4.79 Å². The van der Waals surface area contributed by atoms with Crippen LogP contribution in [-0.4, -0.2) is 17.9 Å². The first-order chi connectivity index (χ1) is 5.18. The summed E-state index contributed by atoms with van der Waals surface area (Å²) in [6.45, 7) is 3.71. The van der Waals surface area contributed by atoms with Crippen molar-refractivity contribution in [2.45, 2.75) is 33.1 Å². The Bertz CT molecular complexity index is 140. The van der Waals surface area contributed by atoms with Crippen LogP contribution in [-0.2, 0) is 4.79 Å². The maximum atomic E-state index is 10.7. The highest BCUT2D eigenvalue weighted by molar-refractivity contribution is 5.73. The van der Waals surface area contributed by atoms with E-state index in [1.807, 2.05) is 12.3 Å². The van der Waals surface area contributed by atoms with Crippen LogP contribution in [0.4, 0.5) is 0 Å². The summed E-state index contributed by atoms with van der Waals surface area (Å²) in [5, 5.41) is 0. The van der Waals surface area contributed by atoms with Crippen LogP contribution in [0.5, 0.6) is 0 Å². The minimum Gasteiger partial charge on any atom is -0.323 e. The average molecular weight is 155 g/mol. The van der Waals surface area contributed by atoms with Crippen LogP contribution in [0.1, 0.15) is 33.1 Å². The zero-order valence-electron chi connectivity index (χ0n) is 7.63. The summed E-state index contributed by atoms with van der Waals surface area (Å²) in [6.07, 6.45) is 7.33. The zero-order valence-corrected chi connectivity index (χ0v) is 7.63. The topological polar surface area (TPSA) is 20.3 Å². The van der Waals surface area contributed by atoms with Crippen LogP contribution in [0.25, 0.3) is 0 Å². The molecule has 0 aromatic rings. The van der Waals surface area contributed by atoms with E-state index in [4.69, 9.17) is 0 Å². The SMILES string of the molecule is CCCCC=CN(C)C(C)=O. The van der Waals surface area contributed by atoms with Gasteiger partial charge < -0.3 is 4.90 Å². The minimum atomic E-state index is 0.0812. The van der Waals surface area contributed by atoms with Gasteiger partial charge in [-0.05, 0) is 6.42 Å². The van der Waals surface area contributed by atoms with Gasteiger partial charge in [0, 0.05) is 20.2 Å². The third-order valence-corrected chi connectivity index (χ3v) is 1.55. The van der Waals surface area contributed by atoms with E-state index in [2.05, 4.69) is 6.92 Å². The lowest BCUT2D eigenvalue weighted by molar-refractivity contribution is -0.125. The van der Waals surface area contributed by atoms with Crippen LogP contribution < -0.4 is 0 Å². The van der Waals surface area contributed by atoms with Gasteiger partial charge in [-0.15, -0.1) is 0 Å². The first-order valence-electron chi connectivity index (χ1n) is 4.08. The molecule has 0 aliphatic rings. The van der Waals surface area contributed by atoms with Gasteiger partial charge in [-0.2, -0.15) is 0 Å². The Kier molecular flexibility index (Phi) is 5.53. The fourth-order valence-electron chi connectivity index (χ4n) is 0.660. The molecule has 2 nitrogen and oxygen atoms in total. The smallest absolute Gasteiger partial charge is 0.223 e. The highest BCUT2D eigenvalue weighted by Crippen LogP contribution is 1.96. The van der Waals surface area contributed by atoms with Gasteiger partial charge in [0.1, 0.15) is 0 Å². The Morgan fingerprint density at radius 3 is 2.64 bits per heavy atom. The summed E-state index contributed by atoms with van der Waals surface area (Å²) >= 11 is 0. The first kappa shape index (κ1) is 10.2. The molecule has 0 bridgehead atoms. The molecule has 0 heterocycles. The normalized spacial score (nSPS) is 10.5. The molecule has 11 heavy (non-hydrogen) atoms. The molecule has 0 aliphatic heterocycles. The fraction of sp³-hybridized carbons (Fsp3) is 0.667. The van der Waals surface area contributed by atoms with Gasteiger partial charge in [-0.25, -0.2) is 0 Å². The fourth-order valence-corrected chi connectivity index (χ4v) is 0.660. The maximum Gasteiger partial charge on any atom is 0.223 e. The molecule has 0 aliphatic carbocycles. The predicted molar refractivity (Wildman–Crippen MR) is 47.1 cm³/mol. The standard InChI is InChI=1S/C9H17NO/c1-4-5-6-7-8-10(3)9(2)11/h7-8H,4-6H2,1-3H3. The number of hydrogen-bond acceptors (Lipinski definition) is 1. The molecule has 64 valence electrons. The third-order valence-electron chi connectivity index (χ3n) is 1.55. The van der Waals surface area contributed by atoms with Gasteiger partial charge in [-0.3, -0.25) is 4.79 Å². The minimum absolute atomic E-state index is 0.0812. The van der Waals surface area contributed by atoms with E-state index >= 15 is 0 Å². The van der Waals surface area contributed by atoms with E-state index < -0.39 is 0 Å². The Hall–Kier alpha value is -0.790. The highest BCUT2D eigenvalue weighted by Gasteiger charge is 1.93. The molecule has 0 saturated heterocycles. The number of unbranched alkanes of at least 4 members (excludes halogenated alkanes) is 2. The van der Waals surface area contributed by atoms with Crippen LogP contribution >= 0.6 is 0 Å². The molecule has 1 amide bonds. The Morgan fingerprint density at radius 1 is 1.55 bits per heavy atom. The molecule has 0 fully saturated rings. The Labute approximate surface area is 68.9 Å². The molecule has 0 spiro atoms. The number of nitrogens with zero attached hydrogens (tertiary/aromatic N) is 1. The first-order valence-corrected chi connectivity index (χ1v) is 4.08. The van der Waals surface area contributed by atoms with Crippen molar-refractivity contribution in [3.63, 3.8) is 0 Å². The summed E-state index contributed by atoms with van der Waals surface area (Å²) in [5.41, 5.74) is 0. The van der Waals surface area contributed by atoms with E-state index in [1.165, 1.54) is 12.8 Å². The molecule has 0 aromatic carbocycles. The van der Waals surface area contributed by atoms with Crippen molar-refractivity contribution in [3.05, 3.63) is 12.3 Å². The van der Waals surface area contributed by atoms with Gasteiger partial charge in [0.2, 0.25) is 5.91 Å². The van der Waals surface area contributed by atoms with Crippen molar-refractivity contribution in [1.82, 2.24) is 4.90 Å². The number of rotatable bonds is 4. The molecule has 0 unspecified atom stereocenters. The van der Waals surface area contributed by atoms with Crippen molar-refractivity contribution in [1.29, 1.82) is 0 Å². The van der Waals surface area contributed by atoms with Crippen molar-refractivity contribution < 1.29 is 4.79 Å². The monoisotopic (exact) mass is 155 g/mol. The second-order valence-corrected chi connectivity index (χ2v) is 2.66. The second-order valence-electron chi connectivity index (χ2n) is 2.66. The Morgan fingerprint density at radius 2 is 2.18 bits per heavy atom. The van der Waals surface area contributed by atoms with E-state index in [0.29, 0.717) is 0 Å². The third kappa shape index (κ3) is 5.64. The summed E-state index contributed by atoms with van der Waals surface area (Å²) < 4.78 is 0. The highest BCUT2D eigenvalue weighted by atomic mass is 16.2. The molecule has 0 radical (unpaired) electrons. The summed E-state index contributed by atoms with van der Waals surface area (Å²) in [6, 6.07) is 0. The largest absolute Gasteiger partial charge is 0.323 e. The van der Waals surface area contributed by atoms with Crippen LogP contribution in [0.3, 0.4) is 0 Å². The molecule has 0 atom stereocenters. The van der Waals surface area contributed by atoms with E-state index in [0.717, 1.165) is 6.42 Å². The van der Waals surface area contributed by atoms with Crippen LogP contribution in [0, 0.1) is 0 Å². The number of hydrogen-bond donors (Lipinski definition) is 0. The predicted octanol–water partition coefficient (Wildman–Crippen LogP) is 2.17. The molecular weight excluding hydrogens is 138 g/mol. The van der Waals surface area contributed by atoms with Crippen molar-refractivity contribution in [2.75, 3.05) is 7.05 Å². The molecular formula is C9H17NO. The van der Waals surface area contributed by atoms with Crippen LogP contribution in [0.2, 0.25) is 0 Å². The number of carbonyl (C=O) groups is 1. The molecule has 0 rings (SSSR count). The van der Waals surface area contributed by atoms with Crippen molar-refractivity contribution in [3.8, 4) is 0 Å². The maximum absolute atomic E-state index is 10.7. The number of carbonyl (C=O) groups excluding carboxylic acids is 1. The molecule has 2 heteroatoms. The molecule has 0 aromatic heterocycles. The van der Waals surface area contributed by atoms with E-state index in [1.54, 1.807) is 18.9 Å². The lowest BCUT2D eigenvalue weighted by Crippen LogP contribution is -2.16. The number of allylic oxidation sites excluding steroid dienone is 1. The Balaban J connectivity index is 3.48. The summed E-state index contributed by atoms with van der Waals surface area (Å²) in [5.74, 6) is 0.0812. The van der Waals surface area contributed by atoms with Gasteiger partial charge in [0.25, 0.3) is 0 Å². The summed E-state index contributed by atoms with van der Waals surface area (Å²) in [4.78, 5) is 12.3. The average Bonchev–Trinajstić information content (AvgIpc) is 1.97. The van der Waals surface area contributed by atoms with Crippen molar-refractivity contribution >= 4 is 5.91 Å². The van der Waals surface area contributed by atoms with Crippen molar-refractivity contribution in [2.24, 2.45) is 0 Å². The quantitative estimate of drug-likeness (QED) is 0.570. The van der Waals surface area contributed by atoms with Gasteiger partial charge >= 0.3 is 0 Å².